The Morgan fingerprint density at radius 2 is 1.86 bits per heavy atom. The third-order valence-corrected chi connectivity index (χ3v) is 4.53. The summed E-state index contributed by atoms with van der Waals surface area (Å²) < 4.78 is 27.4. The summed E-state index contributed by atoms with van der Waals surface area (Å²) in [7, 11) is -3.60. The van der Waals surface area contributed by atoms with Gasteiger partial charge in [-0.15, -0.1) is 0 Å². The maximum atomic E-state index is 12.4. The Hall–Kier alpha value is -2.40. The summed E-state index contributed by atoms with van der Waals surface area (Å²) in [5.41, 5.74) is 2.33. The molecule has 4 nitrogen and oxygen atoms in total. The van der Waals surface area contributed by atoms with Crippen molar-refractivity contribution in [3.05, 3.63) is 66.4 Å². The van der Waals surface area contributed by atoms with Crippen molar-refractivity contribution in [1.82, 2.24) is 4.98 Å². The van der Waals surface area contributed by atoms with Crippen LogP contribution in [0.5, 0.6) is 0 Å². The highest BCUT2D eigenvalue weighted by Gasteiger charge is 2.14. The van der Waals surface area contributed by atoms with Gasteiger partial charge in [0.25, 0.3) is 10.0 Å². The third-order valence-electron chi connectivity index (χ3n) is 3.16. The van der Waals surface area contributed by atoms with E-state index in [0.29, 0.717) is 5.69 Å². The molecule has 0 unspecified atom stereocenters. The molecule has 0 aliphatic carbocycles. The smallest absolute Gasteiger partial charge is 0.261 e. The number of aromatic nitrogens is 1. The molecular formula is C16H14N2O2S. The van der Waals surface area contributed by atoms with E-state index in [4.69, 9.17) is 0 Å². The molecule has 1 heterocycles. The Balaban J connectivity index is 2.00. The zero-order valence-corrected chi connectivity index (χ0v) is 12.3. The second kappa shape index (κ2) is 5.18. The summed E-state index contributed by atoms with van der Waals surface area (Å²) in [4.78, 5) is 4.41. The minimum Gasteiger partial charge on any atom is -0.280 e. The highest BCUT2D eigenvalue weighted by molar-refractivity contribution is 7.92. The Bertz CT molecular complexity index is 905. The van der Waals surface area contributed by atoms with Crippen LogP contribution >= 0.6 is 0 Å². The molecule has 0 amide bonds. The number of pyridine rings is 1. The quantitative estimate of drug-likeness (QED) is 0.806. The number of nitrogens with one attached hydrogen (secondary N) is 1. The predicted molar refractivity (Wildman–Crippen MR) is 83.7 cm³/mol. The first kappa shape index (κ1) is 13.6. The van der Waals surface area contributed by atoms with Crippen molar-refractivity contribution < 1.29 is 8.42 Å². The number of fused-ring (bicyclic) bond motifs is 1. The average Bonchev–Trinajstić information content (AvgIpc) is 2.46. The summed E-state index contributed by atoms with van der Waals surface area (Å²) in [6.45, 7) is 1.92. The number of benzene rings is 2. The molecule has 106 valence electrons. The van der Waals surface area contributed by atoms with Crippen molar-refractivity contribution in [2.45, 2.75) is 11.8 Å². The van der Waals surface area contributed by atoms with Crippen molar-refractivity contribution in [2.24, 2.45) is 0 Å². The minimum absolute atomic E-state index is 0.226. The standard InChI is InChI=1S/C16H14N2O2S/c1-12-4-2-6-14(10-12)18-21(19,20)15-7-8-16-13(11-15)5-3-9-17-16/h2-11,18H,1H3. The first-order chi connectivity index (χ1) is 10.0. The van der Waals surface area contributed by atoms with Crippen LogP contribution in [-0.2, 0) is 10.0 Å². The van der Waals surface area contributed by atoms with Crippen molar-refractivity contribution >= 4 is 26.6 Å². The lowest BCUT2D eigenvalue weighted by atomic mass is 10.2. The van der Waals surface area contributed by atoms with Gasteiger partial charge in [0.15, 0.2) is 0 Å². The third kappa shape index (κ3) is 2.87. The largest absolute Gasteiger partial charge is 0.280 e. The second-order valence-electron chi connectivity index (χ2n) is 4.83. The van der Waals surface area contributed by atoms with Gasteiger partial charge in [-0.2, -0.15) is 0 Å². The monoisotopic (exact) mass is 298 g/mol. The summed E-state index contributed by atoms with van der Waals surface area (Å²) in [6, 6.07) is 15.8. The van der Waals surface area contributed by atoms with Crippen molar-refractivity contribution in [1.29, 1.82) is 0 Å². The molecule has 0 saturated heterocycles. The van der Waals surface area contributed by atoms with Gasteiger partial charge in [-0.3, -0.25) is 9.71 Å². The summed E-state index contributed by atoms with van der Waals surface area (Å²) in [6.07, 6.45) is 1.68. The minimum atomic E-state index is -3.60. The van der Waals surface area contributed by atoms with E-state index in [9.17, 15) is 8.42 Å². The average molecular weight is 298 g/mol. The molecule has 0 bridgehead atoms. The summed E-state index contributed by atoms with van der Waals surface area (Å²) >= 11 is 0. The van der Waals surface area contributed by atoms with Crippen LogP contribution < -0.4 is 4.72 Å². The highest BCUT2D eigenvalue weighted by Crippen LogP contribution is 2.20. The van der Waals surface area contributed by atoms with Crippen LogP contribution in [-0.4, -0.2) is 13.4 Å². The number of aryl methyl sites for hydroxylation is 1. The SMILES string of the molecule is Cc1cccc(NS(=O)(=O)c2ccc3ncccc3c2)c1. The van der Waals surface area contributed by atoms with Crippen LogP contribution in [0.4, 0.5) is 5.69 Å². The van der Waals surface area contributed by atoms with Crippen LogP contribution in [0.1, 0.15) is 5.56 Å². The molecule has 2 aromatic carbocycles. The maximum absolute atomic E-state index is 12.4. The molecule has 3 aromatic rings. The zero-order valence-electron chi connectivity index (χ0n) is 11.4. The summed E-state index contributed by atoms with van der Waals surface area (Å²) in [5, 5.41) is 0.796. The Kier molecular flexibility index (Phi) is 3.35. The number of hydrogen-bond acceptors (Lipinski definition) is 3. The fourth-order valence-electron chi connectivity index (χ4n) is 2.14. The van der Waals surface area contributed by atoms with Gasteiger partial charge in [0.05, 0.1) is 10.4 Å². The Morgan fingerprint density at radius 3 is 2.67 bits per heavy atom. The van der Waals surface area contributed by atoms with Crippen molar-refractivity contribution in [3.63, 3.8) is 0 Å². The van der Waals surface area contributed by atoms with E-state index in [2.05, 4.69) is 9.71 Å². The van der Waals surface area contributed by atoms with Gasteiger partial charge >= 0.3 is 0 Å². The molecule has 0 saturated carbocycles. The van der Waals surface area contributed by atoms with Crippen LogP contribution in [0.2, 0.25) is 0 Å². The molecule has 21 heavy (non-hydrogen) atoms. The van der Waals surface area contributed by atoms with Gasteiger partial charge in [0, 0.05) is 17.3 Å². The van der Waals surface area contributed by atoms with Crippen LogP contribution in [0.15, 0.2) is 65.7 Å². The zero-order chi connectivity index (χ0) is 14.9. The topological polar surface area (TPSA) is 59.1 Å². The van der Waals surface area contributed by atoms with E-state index in [-0.39, 0.29) is 4.90 Å². The molecule has 1 N–H and O–H groups in total. The predicted octanol–water partition coefficient (Wildman–Crippen LogP) is 3.34. The van der Waals surface area contributed by atoms with Crippen LogP contribution in [0.25, 0.3) is 10.9 Å². The number of nitrogens with zero attached hydrogens (tertiary/aromatic N) is 1. The molecule has 0 radical (unpaired) electrons. The Labute approximate surface area is 123 Å². The van der Waals surface area contributed by atoms with E-state index in [1.54, 1.807) is 42.6 Å². The van der Waals surface area contributed by atoms with Crippen LogP contribution in [0.3, 0.4) is 0 Å². The van der Waals surface area contributed by atoms with Gasteiger partial charge in [0.2, 0.25) is 0 Å². The fourth-order valence-corrected chi connectivity index (χ4v) is 3.23. The second-order valence-corrected chi connectivity index (χ2v) is 6.52. The van der Waals surface area contributed by atoms with E-state index >= 15 is 0 Å². The first-order valence-corrected chi connectivity index (χ1v) is 7.97. The fraction of sp³-hybridized carbons (Fsp3) is 0.0625. The lowest BCUT2D eigenvalue weighted by molar-refractivity contribution is 0.601. The van der Waals surface area contributed by atoms with Crippen molar-refractivity contribution in [2.75, 3.05) is 4.72 Å². The lowest BCUT2D eigenvalue weighted by Gasteiger charge is -2.09. The molecule has 0 atom stereocenters. The van der Waals surface area contributed by atoms with Gasteiger partial charge < -0.3 is 0 Å². The van der Waals surface area contributed by atoms with E-state index < -0.39 is 10.0 Å². The molecule has 0 fully saturated rings. The maximum Gasteiger partial charge on any atom is 0.261 e. The number of anilines is 1. The van der Waals surface area contributed by atoms with E-state index in [0.717, 1.165) is 16.5 Å². The van der Waals surface area contributed by atoms with Crippen molar-refractivity contribution in [3.8, 4) is 0 Å². The molecular weight excluding hydrogens is 284 g/mol. The highest BCUT2D eigenvalue weighted by atomic mass is 32.2. The van der Waals surface area contributed by atoms with Crippen LogP contribution in [0, 0.1) is 6.92 Å². The van der Waals surface area contributed by atoms with Gasteiger partial charge in [-0.1, -0.05) is 18.2 Å². The van der Waals surface area contributed by atoms with Gasteiger partial charge in [-0.25, -0.2) is 8.42 Å². The van der Waals surface area contributed by atoms with E-state index in [1.807, 2.05) is 25.1 Å². The molecule has 0 aliphatic heterocycles. The molecule has 1 aromatic heterocycles. The van der Waals surface area contributed by atoms with Gasteiger partial charge in [0.1, 0.15) is 0 Å². The normalized spacial score (nSPS) is 11.5. The number of hydrogen-bond donors (Lipinski definition) is 1. The lowest BCUT2D eigenvalue weighted by Crippen LogP contribution is -2.12. The molecule has 5 heteroatoms. The van der Waals surface area contributed by atoms with Gasteiger partial charge in [-0.05, 0) is 48.9 Å². The number of rotatable bonds is 3. The first-order valence-electron chi connectivity index (χ1n) is 6.49. The number of sulfonamides is 1. The molecule has 0 aliphatic rings. The molecule has 0 spiro atoms. The van der Waals surface area contributed by atoms with E-state index in [1.165, 1.54) is 0 Å². The summed E-state index contributed by atoms with van der Waals surface area (Å²) in [5.74, 6) is 0. The Morgan fingerprint density at radius 1 is 1.00 bits per heavy atom. The molecule has 3 rings (SSSR count).